The second-order valence-electron chi connectivity index (χ2n) is 3.92. The number of hydrogen-bond donors (Lipinski definition) is 2. The molecule has 0 atom stereocenters. The first-order chi connectivity index (χ1) is 9.29. The van der Waals surface area contributed by atoms with Crippen LogP contribution < -0.4 is 10.5 Å². The van der Waals surface area contributed by atoms with Crippen LogP contribution in [-0.4, -0.2) is 8.42 Å². The zero-order chi connectivity index (χ0) is 14.9. The minimum absolute atomic E-state index is 0.0397. The van der Waals surface area contributed by atoms with E-state index in [1.807, 2.05) is 0 Å². The fourth-order valence-electron chi connectivity index (χ4n) is 1.51. The van der Waals surface area contributed by atoms with Crippen molar-refractivity contribution in [2.45, 2.75) is 4.90 Å². The van der Waals surface area contributed by atoms with Crippen molar-refractivity contribution in [3.8, 4) is 0 Å². The average Bonchev–Trinajstić information content (AvgIpc) is 2.36. The Balaban J connectivity index is 2.40. The lowest BCUT2D eigenvalue weighted by Gasteiger charge is -2.10. The third-order valence-electron chi connectivity index (χ3n) is 2.44. The molecule has 8 heteroatoms. The van der Waals surface area contributed by atoms with E-state index in [4.69, 9.17) is 17.3 Å². The van der Waals surface area contributed by atoms with Gasteiger partial charge in [-0.2, -0.15) is 0 Å². The van der Waals surface area contributed by atoms with Gasteiger partial charge in [0.25, 0.3) is 10.0 Å². The summed E-state index contributed by atoms with van der Waals surface area (Å²) in [7, 11) is -3.99. The molecule has 2 rings (SSSR count). The van der Waals surface area contributed by atoms with Gasteiger partial charge in [-0.05, 0) is 52.3 Å². The van der Waals surface area contributed by atoms with Gasteiger partial charge < -0.3 is 5.73 Å². The minimum atomic E-state index is -3.99. The van der Waals surface area contributed by atoms with Gasteiger partial charge in [0.15, 0.2) is 0 Å². The van der Waals surface area contributed by atoms with E-state index in [2.05, 4.69) is 20.7 Å². The molecule has 0 amide bonds. The number of sulfonamides is 1. The van der Waals surface area contributed by atoms with Crippen LogP contribution in [0.15, 0.2) is 45.8 Å². The van der Waals surface area contributed by atoms with Crippen LogP contribution in [-0.2, 0) is 10.0 Å². The van der Waals surface area contributed by atoms with Gasteiger partial charge in [-0.3, -0.25) is 4.72 Å². The molecule has 2 aromatic rings. The van der Waals surface area contributed by atoms with E-state index in [1.165, 1.54) is 18.2 Å². The average molecular weight is 380 g/mol. The molecular formula is C12H9BrClFN2O2S. The highest BCUT2D eigenvalue weighted by atomic mass is 79.9. The fraction of sp³-hybridized carbons (Fsp3) is 0. The largest absolute Gasteiger partial charge is 0.398 e. The van der Waals surface area contributed by atoms with Gasteiger partial charge in [-0.25, -0.2) is 12.8 Å². The molecule has 0 aliphatic heterocycles. The molecule has 0 aromatic heterocycles. The maximum atomic E-state index is 13.2. The Morgan fingerprint density at radius 1 is 1.20 bits per heavy atom. The molecule has 0 fully saturated rings. The molecule has 0 saturated carbocycles. The van der Waals surface area contributed by atoms with Gasteiger partial charge in [0.05, 0.1) is 16.4 Å². The van der Waals surface area contributed by atoms with Crippen molar-refractivity contribution in [1.29, 1.82) is 0 Å². The lowest BCUT2D eigenvalue weighted by molar-refractivity contribution is 0.596. The number of nitrogens with two attached hydrogens (primary N) is 1. The summed E-state index contributed by atoms with van der Waals surface area (Å²) in [6, 6.07) is 7.68. The highest BCUT2D eigenvalue weighted by Gasteiger charge is 2.18. The molecule has 0 saturated heterocycles. The van der Waals surface area contributed by atoms with Crippen molar-refractivity contribution in [3.63, 3.8) is 0 Å². The zero-order valence-electron chi connectivity index (χ0n) is 9.90. The third kappa shape index (κ3) is 3.23. The van der Waals surface area contributed by atoms with Crippen molar-refractivity contribution in [2.75, 3.05) is 10.5 Å². The highest BCUT2D eigenvalue weighted by molar-refractivity contribution is 9.10. The number of anilines is 2. The van der Waals surface area contributed by atoms with Crippen LogP contribution in [0, 0.1) is 5.82 Å². The third-order valence-corrected chi connectivity index (χ3v) is 5.11. The predicted molar refractivity (Wildman–Crippen MR) is 80.8 cm³/mol. The lowest BCUT2D eigenvalue weighted by atomic mass is 10.3. The number of benzene rings is 2. The predicted octanol–water partition coefficient (Wildman–Crippen LogP) is 3.62. The molecule has 0 heterocycles. The first-order valence-corrected chi connectivity index (χ1v) is 7.98. The Morgan fingerprint density at radius 2 is 1.90 bits per heavy atom. The molecule has 106 valence electrons. The van der Waals surface area contributed by atoms with E-state index < -0.39 is 15.8 Å². The summed E-state index contributed by atoms with van der Waals surface area (Å²) in [4.78, 5) is -0.323. The van der Waals surface area contributed by atoms with Crippen LogP contribution in [0.1, 0.15) is 0 Å². The van der Waals surface area contributed by atoms with Gasteiger partial charge in [0.2, 0.25) is 0 Å². The van der Waals surface area contributed by atoms with E-state index in [9.17, 15) is 12.8 Å². The van der Waals surface area contributed by atoms with Crippen LogP contribution in [0.25, 0.3) is 0 Å². The fourth-order valence-corrected chi connectivity index (χ4v) is 3.13. The Hall–Kier alpha value is -1.31. The molecule has 0 aliphatic carbocycles. The van der Waals surface area contributed by atoms with E-state index >= 15 is 0 Å². The van der Waals surface area contributed by atoms with E-state index in [1.54, 1.807) is 6.07 Å². The van der Waals surface area contributed by atoms with Gasteiger partial charge in [-0.15, -0.1) is 0 Å². The molecule has 4 nitrogen and oxygen atoms in total. The summed E-state index contributed by atoms with van der Waals surface area (Å²) < 4.78 is 40.4. The number of hydrogen-bond acceptors (Lipinski definition) is 3. The van der Waals surface area contributed by atoms with Gasteiger partial charge >= 0.3 is 0 Å². The Labute approximate surface area is 128 Å². The van der Waals surface area contributed by atoms with Gasteiger partial charge in [0.1, 0.15) is 10.7 Å². The van der Waals surface area contributed by atoms with E-state index in [-0.39, 0.29) is 16.3 Å². The standard InChI is InChI=1S/C12H9BrClFN2O2S/c13-9-3-2-8(6-10(9)14)17-20(18,19)12-5-7(15)1-4-11(12)16/h1-6,17H,16H2. The SMILES string of the molecule is Nc1ccc(F)cc1S(=O)(=O)Nc1ccc(Br)c(Cl)c1. The number of halogens is 3. The smallest absolute Gasteiger partial charge is 0.264 e. The minimum Gasteiger partial charge on any atom is -0.398 e. The first kappa shape index (κ1) is 15.1. The molecule has 0 spiro atoms. The summed E-state index contributed by atoms with van der Waals surface area (Å²) in [5.41, 5.74) is 5.78. The summed E-state index contributed by atoms with van der Waals surface area (Å²) in [6.45, 7) is 0. The summed E-state index contributed by atoms with van der Waals surface area (Å²) in [6.07, 6.45) is 0. The highest BCUT2D eigenvalue weighted by Crippen LogP contribution is 2.28. The van der Waals surface area contributed by atoms with Crippen LogP contribution in [0.2, 0.25) is 5.02 Å². The van der Waals surface area contributed by atoms with Gasteiger partial charge in [-0.1, -0.05) is 11.6 Å². The summed E-state index contributed by atoms with van der Waals surface area (Å²) in [5, 5.41) is 0.345. The van der Waals surface area contributed by atoms with Crippen LogP contribution in [0.5, 0.6) is 0 Å². The monoisotopic (exact) mass is 378 g/mol. The molecule has 3 N–H and O–H groups in total. The van der Waals surface area contributed by atoms with Crippen LogP contribution in [0.3, 0.4) is 0 Å². The second-order valence-corrected chi connectivity index (χ2v) is 6.83. The maximum Gasteiger partial charge on any atom is 0.264 e. The Morgan fingerprint density at radius 3 is 2.55 bits per heavy atom. The van der Waals surface area contributed by atoms with Crippen molar-refractivity contribution in [2.24, 2.45) is 0 Å². The van der Waals surface area contributed by atoms with E-state index in [0.29, 0.717) is 9.50 Å². The van der Waals surface area contributed by atoms with Crippen LogP contribution >= 0.6 is 27.5 Å². The van der Waals surface area contributed by atoms with Crippen molar-refractivity contribution >= 4 is 48.9 Å². The normalized spacial score (nSPS) is 11.3. The maximum absolute atomic E-state index is 13.2. The first-order valence-electron chi connectivity index (χ1n) is 5.32. The molecule has 0 aliphatic rings. The molecule has 20 heavy (non-hydrogen) atoms. The van der Waals surface area contributed by atoms with Gasteiger partial charge in [0, 0.05) is 4.47 Å². The quantitative estimate of drug-likeness (QED) is 0.800. The second kappa shape index (κ2) is 5.59. The number of nitrogens with one attached hydrogen (secondary N) is 1. The van der Waals surface area contributed by atoms with E-state index in [0.717, 1.165) is 12.1 Å². The molecule has 0 bridgehead atoms. The molecular weight excluding hydrogens is 371 g/mol. The summed E-state index contributed by atoms with van der Waals surface area (Å²) in [5.74, 6) is -0.687. The molecule has 0 unspecified atom stereocenters. The van der Waals surface area contributed by atoms with Crippen molar-refractivity contribution < 1.29 is 12.8 Å². The van der Waals surface area contributed by atoms with Crippen molar-refractivity contribution in [1.82, 2.24) is 0 Å². The Bertz CT molecular complexity index is 768. The molecule has 2 aromatic carbocycles. The van der Waals surface area contributed by atoms with Crippen molar-refractivity contribution in [3.05, 3.63) is 51.7 Å². The zero-order valence-corrected chi connectivity index (χ0v) is 13.1. The number of nitrogen functional groups attached to an aromatic ring is 1. The topological polar surface area (TPSA) is 72.2 Å². The van der Waals surface area contributed by atoms with Crippen LogP contribution in [0.4, 0.5) is 15.8 Å². The molecule has 0 radical (unpaired) electrons. The summed E-state index contributed by atoms with van der Waals surface area (Å²) >= 11 is 9.08. The number of rotatable bonds is 3. The lowest BCUT2D eigenvalue weighted by Crippen LogP contribution is -2.15. The Kier molecular flexibility index (Phi) is 4.22.